The summed E-state index contributed by atoms with van der Waals surface area (Å²) in [6.45, 7) is 3.11. The lowest BCUT2D eigenvalue weighted by Crippen LogP contribution is -2.28. The highest BCUT2D eigenvalue weighted by Crippen LogP contribution is 2.23. The van der Waals surface area contributed by atoms with E-state index in [-0.39, 0.29) is 0 Å². The zero-order valence-electron chi connectivity index (χ0n) is 11.3. The molecule has 1 aliphatic rings. The lowest BCUT2D eigenvalue weighted by molar-refractivity contribution is 0.397. The molecule has 2 aromatic rings. The van der Waals surface area contributed by atoms with Crippen LogP contribution in [-0.2, 0) is 0 Å². The molecule has 3 rings (SSSR count). The molecule has 0 bridgehead atoms. The largest absolute Gasteiger partial charge is 0.307 e. The molecule has 1 aromatic heterocycles. The molecule has 2 heterocycles. The Labute approximate surface area is 114 Å². The Bertz CT molecular complexity index is 545. The summed E-state index contributed by atoms with van der Waals surface area (Å²) >= 11 is 0. The van der Waals surface area contributed by atoms with E-state index >= 15 is 0 Å². The molecule has 19 heavy (non-hydrogen) atoms. The first kappa shape index (κ1) is 12.3. The van der Waals surface area contributed by atoms with Gasteiger partial charge in [0.2, 0.25) is 0 Å². The maximum Gasteiger partial charge on any atom is 0.146 e. The van der Waals surface area contributed by atoms with Crippen molar-refractivity contribution in [2.24, 2.45) is 0 Å². The Morgan fingerprint density at radius 1 is 1.11 bits per heavy atom. The van der Waals surface area contributed by atoms with E-state index in [0.29, 0.717) is 6.04 Å². The summed E-state index contributed by atoms with van der Waals surface area (Å²) in [4.78, 5) is 9.36. The van der Waals surface area contributed by atoms with Crippen LogP contribution < -0.4 is 5.32 Å². The van der Waals surface area contributed by atoms with E-state index in [1.807, 2.05) is 25.1 Å². The van der Waals surface area contributed by atoms with E-state index in [1.54, 1.807) is 0 Å². The van der Waals surface area contributed by atoms with Gasteiger partial charge >= 0.3 is 0 Å². The number of rotatable bonds is 2. The maximum absolute atomic E-state index is 4.75. The Morgan fingerprint density at radius 2 is 1.95 bits per heavy atom. The molecular weight excluding hydrogens is 234 g/mol. The predicted molar refractivity (Wildman–Crippen MR) is 76.8 cm³/mol. The predicted octanol–water partition coefficient (Wildman–Crippen LogP) is 3.27. The Kier molecular flexibility index (Phi) is 3.56. The zero-order valence-corrected chi connectivity index (χ0v) is 11.3. The number of nitrogens with zero attached hydrogens (tertiary/aromatic N) is 2. The van der Waals surface area contributed by atoms with E-state index < -0.39 is 0 Å². The minimum Gasteiger partial charge on any atom is -0.307 e. The molecule has 1 aromatic carbocycles. The lowest BCUT2D eigenvalue weighted by Gasteiger charge is -2.22. The van der Waals surface area contributed by atoms with Gasteiger partial charge in [0.05, 0.1) is 11.7 Å². The van der Waals surface area contributed by atoms with Crippen molar-refractivity contribution in [2.75, 3.05) is 6.54 Å². The molecule has 0 saturated carbocycles. The summed E-state index contributed by atoms with van der Waals surface area (Å²) in [5.41, 5.74) is 3.22. The Balaban J connectivity index is 1.96. The van der Waals surface area contributed by atoms with Crippen LogP contribution in [0.25, 0.3) is 11.3 Å². The van der Waals surface area contributed by atoms with Gasteiger partial charge in [-0.3, -0.25) is 0 Å². The van der Waals surface area contributed by atoms with Gasteiger partial charge in [0.25, 0.3) is 0 Å². The number of piperidine rings is 1. The third-order valence-corrected chi connectivity index (χ3v) is 3.56. The van der Waals surface area contributed by atoms with Crippen molar-refractivity contribution in [3.05, 3.63) is 47.9 Å². The van der Waals surface area contributed by atoms with Crippen LogP contribution in [0.5, 0.6) is 0 Å². The van der Waals surface area contributed by atoms with E-state index in [1.165, 1.54) is 12.8 Å². The van der Waals surface area contributed by atoms with Crippen molar-refractivity contribution in [3.8, 4) is 11.3 Å². The van der Waals surface area contributed by atoms with Gasteiger partial charge in [-0.1, -0.05) is 36.8 Å². The Hall–Kier alpha value is -1.74. The van der Waals surface area contributed by atoms with Gasteiger partial charge in [-0.15, -0.1) is 0 Å². The van der Waals surface area contributed by atoms with Crippen LogP contribution in [0.15, 0.2) is 36.4 Å². The van der Waals surface area contributed by atoms with Crippen molar-refractivity contribution in [2.45, 2.75) is 32.2 Å². The monoisotopic (exact) mass is 253 g/mol. The van der Waals surface area contributed by atoms with Gasteiger partial charge < -0.3 is 5.32 Å². The number of aryl methyl sites for hydroxylation is 1. The first-order valence-corrected chi connectivity index (χ1v) is 6.97. The normalized spacial score (nSPS) is 19.3. The highest BCUT2D eigenvalue weighted by molar-refractivity contribution is 5.59. The maximum atomic E-state index is 4.75. The number of benzene rings is 1. The molecular formula is C16H19N3. The molecule has 1 saturated heterocycles. The summed E-state index contributed by atoms with van der Waals surface area (Å²) in [5, 5.41) is 3.52. The van der Waals surface area contributed by atoms with Crippen molar-refractivity contribution in [3.63, 3.8) is 0 Å². The summed E-state index contributed by atoms with van der Waals surface area (Å²) in [7, 11) is 0. The molecule has 3 heteroatoms. The molecule has 0 amide bonds. The smallest absolute Gasteiger partial charge is 0.146 e. The molecule has 98 valence electrons. The number of aromatic nitrogens is 2. The molecule has 0 radical (unpaired) electrons. The highest BCUT2D eigenvalue weighted by Gasteiger charge is 2.18. The number of nitrogens with one attached hydrogen (secondary N) is 1. The molecule has 1 aliphatic heterocycles. The van der Waals surface area contributed by atoms with E-state index in [2.05, 4.69) is 28.5 Å². The first-order chi connectivity index (χ1) is 9.33. The molecule has 0 spiro atoms. The second-order valence-electron chi connectivity index (χ2n) is 5.12. The van der Waals surface area contributed by atoms with Crippen LogP contribution in [0.3, 0.4) is 0 Å². The van der Waals surface area contributed by atoms with E-state index in [9.17, 15) is 0 Å². The van der Waals surface area contributed by atoms with Gasteiger partial charge in [-0.05, 0) is 32.4 Å². The fourth-order valence-electron chi connectivity index (χ4n) is 2.58. The van der Waals surface area contributed by atoms with Crippen LogP contribution in [-0.4, -0.2) is 16.5 Å². The van der Waals surface area contributed by atoms with Crippen molar-refractivity contribution < 1.29 is 0 Å². The van der Waals surface area contributed by atoms with Crippen molar-refractivity contribution in [1.82, 2.24) is 15.3 Å². The van der Waals surface area contributed by atoms with Crippen molar-refractivity contribution >= 4 is 0 Å². The summed E-state index contributed by atoms with van der Waals surface area (Å²) in [6, 6.07) is 12.7. The average Bonchev–Trinajstić information content (AvgIpc) is 2.48. The van der Waals surface area contributed by atoms with Gasteiger partial charge in [0.1, 0.15) is 5.82 Å². The van der Waals surface area contributed by atoms with Crippen LogP contribution >= 0.6 is 0 Å². The summed E-state index contributed by atoms with van der Waals surface area (Å²) in [6.07, 6.45) is 3.65. The van der Waals surface area contributed by atoms with Crippen molar-refractivity contribution in [1.29, 1.82) is 0 Å². The van der Waals surface area contributed by atoms with Gasteiger partial charge in [0, 0.05) is 11.3 Å². The van der Waals surface area contributed by atoms with Crippen LogP contribution in [0, 0.1) is 6.92 Å². The molecule has 3 nitrogen and oxygen atoms in total. The average molecular weight is 253 g/mol. The molecule has 1 N–H and O–H groups in total. The SMILES string of the molecule is Cc1cc(-c2ccccc2)nc(C2CCCCN2)n1. The van der Waals surface area contributed by atoms with Gasteiger partial charge in [0.15, 0.2) is 0 Å². The van der Waals surface area contributed by atoms with Crippen LogP contribution in [0.2, 0.25) is 0 Å². The van der Waals surface area contributed by atoms with Gasteiger partial charge in [-0.2, -0.15) is 0 Å². The minimum absolute atomic E-state index is 0.316. The minimum atomic E-state index is 0.316. The van der Waals surface area contributed by atoms with E-state index in [0.717, 1.165) is 35.7 Å². The number of hydrogen-bond acceptors (Lipinski definition) is 3. The molecule has 0 aliphatic carbocycles. The summed E-state index contributed by atoms with van der Waals surface area (Å²) in [5.74, 6) is 0.943. The quantitative estimate of drug-likeness (QED) is 0.892. The summed E-state index contributed by atoms with van der Waals surface area (Å²) < 4.78 is 0. The van der Waals surface area contributed by atoms with Crippen LogP contribution in [0.1, 0.15) is 36.8 Å². The molecule has 1 fully saturated rings. The topological polar surface area (TPSA) is 37.8 Å². The second kappa shape index (κ2) is 5.49. The highest BCUT2D eigenvalue weighted by atomic mass is 15.0. The molecule has 1 unspecified atom stereocenters. The number of hydrogen-bond donors (Lipinski definition) is 1. The second-order valence-corrected chi connectivity index (χ2v) is 5.12. The van der Waals surface area contributed by atoms with E-state index in [4.69, 9.17) is 4.98 Å². The first-order valence-electron chi connectivity index (χ1n) is 6.97. The third kappa shape index (κ3) is 2.82. The van der Waals surface area contributed by atoms with Crippen LogP contribution in [0.4, 0.5) is 0 Å². The standard InChI is InChI=1S/C16H19N3/c1-12-11-15(13-7-3-2-4-8-13)19-16(18-12)14-9-5-6-10-17-14/h2-4,7-8,11,14,17H,5-6,9-10H2,1H3. The Morgan fingerprint density at radius 3 is 2.68 bits per heavy atom. The molecule has 1 atom stereocenters. The fraction of sp³-hybridized carbons (Fsp3) is 0.375. The van der Waals surface area contributed by atoms with Gasteiger partial charge in [-0.25, -0.2) is 9.97 Å². The zero-order chi connectivity index (χ0) is 13.1. The fourth-order valence-corrected chi connectivity index (χ4v) is 2.58. The lowest BCUT2D eigenvalue weighted by atomic mass is 10.0. The third-order valence-electron chi connectivity index (χ3n) is 3.56.